The molecule has 8 nitrogen and oxygen atoms in total. The lowest BCUT2D eigenvalue weighted by Gasteiger charge is -2.36. The lowest BCUT2D eigenvalue weighted by molar-refractivity contribution is 0.0817. The van der Waals surface area contributed by atoms with Crippen molar-refractivity contribution in [3.63, 3.8) is 0 Å². The highest BCUT2D eigenvalue weighted by molar-refractivity contribution is 5.97. The Morgan fingerprint density at radius 1 is 1.05 bits per heavy atom. The van der Waals surface area contributed by atoms with E-state index in [-0.39, 0.29) is 12.0 Å². The molecule has 1 aromatic heterocycles. The van der Waals surface area contributed by atoms with Gasteiger partial charge in [-0.05, 0) is 62.6 Å². The summed E-state index contributed by atoms with van der Waals surface area (Å²) in [4.78, 5) is 39.8. The van der Waals surface area contributed by atoms with E-state index in [2.05, 4.69) is 51.4 Å². The first kappa shape index (κ1) is 25.4. The van der Waals surface area contributed by atoms with Crippen molar-refractivity contribution in [2.45, 2.75) is 39.0 Å². The summed E-state index contributed by atoms with van der Waals surface area (Å²) in [7, 11) is 1.45. The number of nitrogens with zero attached hydrogens (tertiary/aromatic N) is 5. The minimum Gasteiger partial charge on any atom is -0.453 e. The smallest absolute Gasteiger partial charge is 0.409 e. The molecule has 3 aliphatic heterocycles. The summed E-state index contributed by atoms with van der Waals surface area (Å²) >= 11 is 0. The summed E-state index contributed by atoms with van der Waals surface area (Å²) in [6.07, 6.45) is 6.46. The molecule has 4 heterocycles. The quantitative estimate of drug-likeness (QED) is 0.593. The number of piperidine rings is 1. The van der Waals surface area contributed by atoms with Crippen molar-refractivity contribution < 1.29 is 14.3 Å². The van der Waals surface area contributed by atoms with Gasteiger partial charge in [0.15, 0.2) is 0 Å². The lowest BCUT2D eigenvalue weighted by atomic mass is 9.78. The SMILES string of the molecule is COC(=O)N1CCC(C(CCN2CC3=CN(C(=O)c4c(C)ncnc4C)CC3C2)c2ccccc2)CC1. The highest BCUT2D eigenvalue weighted by Gasteiger charge is 2.37. The maximum absolute atomic E-state index is 13.2. The van der Waals surface area contributed by atoms with E-state index in [0.717, 1.165) is 69.9 Å². The van der Waals surface area contributed by atoms with Crippen molar-refractivity contribution in [3.05, 3.63) is 70.9 Å². The average Bonchev–Trinajstić information content (AvgIpc) is 3.48. The molecule has 2 amide bonds. The average molecular weight is 504 g/mol. The number of carbonyl (C=O) groups is 2. The number of fused-ring (bicyclic) bond motifs is 1. The van der Waals surface area contributed by atoms with Crippen LogP contribution in [0.1, 0.15) is 52.5 Å². The molecular formula is C29H37N5O3. The molecule has 0 bridgehead atoms. The van der Waals surface area contributed by atoms with Gasteiger partial charge in [-0.2, -0.15) is 0 Å². The van der Waals surface area contributed by atoms with Crippen LogP contribution in [0.5, 0.6) is 0 Å². The standard InChI is InChI=1S/C29H37N5O3/c1-20-27(21(2)31-19-30-20)28(35)34-17-24-15-32(16-25(24)18-34)12-11-26(22-7-5-4-6-8-22)23-9-13-33(14-10-23)29(36)37-3/h4-8,17,19,23,25-26H,9-16,18H2,1-3H3. The number of ether oxygens (including phenoxy) is 1. The van der Waals surface area contributed by atoms with Gasteiger partial charge in [0.2, 0.25) is 0 Å². The van der Waals surface area contributed by atoms with Gasteiger partial charge >= 0.3 is 6.09 Å². The molecule has 196 valence electrons. The first-order valence-corrected chi connectivity index (χ1v) is 13.3. The maximum Gasteiger partial charge on any atom is 0.409 e. The number of aromatic nitrogens is 2. The van der Waals surface area contributed by atoms with Crippen LogP contribution in [-0.4, -0.2) is 83.0 Å². The van der Waals surface area contributed by atoms with Gasteiger partial charge in [0.1, 0.15) is 6.33 Å². The van der Waals surface area contributed by atoms with Crippen LogP contribution in [0.15, 0.2) is 48.4 Å². The fourth-order valence-electron chi connectivity index (χ4n) is 6.36. The maximum atomic E-state index is 13.2. The number of aryl methyl sites for hydroxylation is 2. The molecule has 2 fully saturated rings. The van der Waals surface area contributed by atoms with Crippen LogP contribution < -0.4 is 0 Å². The van der Waals surface area contributed by atoms with Crippen molar-refractivity contribution in [3.8, 4) is 0 Å². The molecular weight excluding hydrogens is 466 g/mol. The monoisotopic (exact) mass is 503 g/mol. The molecule has 0 aliphatic carbocycles. The van der Waals surface area contributed by atoms with Crippen LogP contribution in [0.2, 0.25) is 0 Å². The highest BCUT2D eigenvalue weighted by atomic mass is 16.5. The van der Waals surface area contributed by atoms with E-state index in [1.54, 1.807) is 0 Å². The first-order valence-electron chi connectivity index (χ1n) is 13.3. The van der Waals surface area contributed by atoms with Crippen LogP contribution in [-0.2, 0) is 4.74 Å². The summed E-state index contributed by atoms with van der Waals surface area (Å²) in [5, 5.41) is 0. The molecule has 8 heteroatoms. The van der Waals surface area contributed by atoms with Gasteiger partial charge in [-0.15, -0.1) is 0 Å². The van der Waals surface area contributed by atoms with E-state index >= 15 is 0 Å². The molecule has 3 aliphatic rings. The summed E-state index contributed by atoms with van der Waals surface area (Å²) in [6, 6.07) is 10.8. The predicted octanol–water partition coefficient (Wildman–Crippen LogP) is 4.02. The summed E-state index contributed by atoms with van der Waals surface area (Å²) in [5.74, 6) is 1.42. The molecule has 2 atom stereocenters. The lowest BCUT2D eigenvalue weighted by Crippen LogP contribution is -2.40. The molecule has 1 aromatic carbocycles. The van der Waals surface area contributed by atoms with Crippen LogP contribution >= 0.6 is 0 Å². The van der Waals surface area contributed by atoms with Gasteiger partial charge in [-0.25, -0.2) is 14.8 Å². The number of benzene rings is 1. The predicted molar refractivity (Wildman–Crippen MR) is 141 cm³/mol. The molecule has 2 saturated heterocycles. The number of methoxy groups -OCH3 is 1. The second kappa shape index (κ2) is 11.0. The van der Waals surface area contributed by atoms with E-state index in [4.69, 9.17) is 4.74 Å². The van der Waals surface area contributed by atoms with Gasteiger partial charge in [0, 0.05) is 44.8 Å². The largest absolute Gasteiger partial charge is 0.453 e. The Balaban J connectivity index is 1.21. The Hall–Kier alpha value is -3.26. The van der Waals surface area contributed by atoms with E-state index in [1.165, 1.54) is 24.6 Å². The zero-order chi connectivity index (χ0) is 25.9. The van der Waals surface area contributed by atoms with Crippen molar-refractivity contribution in [1.29, 1.82) is 0 Å². The van der Waals surface area contributed by atoms with Crippen molar-refractivity contribution in [2.75, 3.05) is 46.4 Å². The minimum absolute atomic E-state index is 0.00601. The number of hydrogen-bond acceptors (Lipinski definition) is 6. The van der Waals surface area contributed by atoms with Gasteiger partial charge in [0.25, 0.3) is 5.91 Å². The number of amides is 2. The fraction of sp³-hybridized carbons (Fsp3) is 0.517. The zero-order valence-corrected chi connectivity index (χ0v) is 22.1. The van der Waals surface area contributed by atoms with Gasteiger partial charge in [-0.3, -0.25) is 9.69 Å². The van der Waals surface area contributed by atoms with Gasteiger partial charge in [-0.1, -0.05) is 30.3 Å². The fourth-order valence-corrected chi connectivity index (χ4v) is 6.36. The third kappa shape index (κ3) is 5.39. The topological polar surface area (TPSA) is 78.9 Å². The van der Waals surface area contributed by atoms with Crippen LogP contribution in [0.3, 0.4) is 0 Å². The molecule has 2 unspecified atom stereocenters. The van der Waals surface area contributed by atoms with Crippen molar-refractivity contribution in [2.24, 2.45) is 11.8 Å². The molecule has 0 N–H and O–H groups in total. The Kier molecular flexibility index (Phi) is 7.55. The highest BCUT2D eigenvalue weighted by Crippen LogP contribution is 2.37. The number of carbonyl (C=O) groups excluding carboxylic acids is 2. The summed E-state index contributed by atoms with van der Waals surface area (Å²) in [6.45, 7) is 8.92. The Morgan fingerprint density at radius 3 is 2.41 bits per heavy atom. The van der Waals surface area contributed by atoms with Gasteiger partial charge in [0.05, 0.1) is 24.1 Å². The Labute approximate surface area is 219 Å². The summed E-state index contributed by atoms with van der Waals surface area (Å²) < 4.78 is 4.92. The Morgan fingerprint density at radius 2 is 1.76 bits per heavy atom. The minimum atomic E-state index is -0.218. The van der Waals surface area contributed by atoms with Crippen molar-refractivity contribution >= 4 is 12.0 Å². The van der Waals surface area contributed by atoms with Gasteiger partial charge < -0.3 is 14.5 Å². The summed E-state index contributed by atoms with van der Waals surface area (Å²) in [5.41, 5.74) is 4.84. The van der Waals surface area contributed by atoms with E-state index < -0.39 is 0 Å². The molecule has 2 aromatic rings. The number of likely N-dealkylation sites (tertiary alicyclic amines) is 2. The second-order valence-electron chi connectivity index (χ2n) is 10.6. The molecule has 0 radical (unpaired) electrons. The molecule has 0 spiro atoms. The van der Waals surface area contributed by atoms with Crippen molar-refractivity contribution in [1.82, 2.24) is 24.7 Å². The molecule has 37 heavy (non-hydrogen) atoms. The van der Waals surface area contributed by atoms with Crippen LogP contribution in [0, 0.1) is 25.7 Å². The normalized spacial score (nSPS) is 21.1. The van der Waals surface area contributed by atoms with Crippen LogP contribution in [0.4, 0.5) is 4.79 Å². The van der Waals surface area contributed by atoms with E-state index in [1.807, 2.05) is 23.6 Å². The first-order chi connectivity index (χ1) is 17.9. The zero-order valence-electron chi connectivity index (χ0n) is 22.1. The molecule has 0 saturated carbocycles. The Bertz CT molecular complexity index is 1140. The van der Waals surface area contributed by atoms with Crippen LogP contribution in [0.25, 0.3) is 0 Å². The molecule has 5 rings (SSSR count). The van der Waals surface area contributed by atoms with E-state index in [0.29, 0.717) is 23.3 Å². The second-order valence-corrected chi connectivity index (χ2v) is 10.6. The number of hydrogen-bond donors (Lipinski definition) is 0. The number of rotatable bonds is 6. The third-order valence-electron chi connectivity index (χ3n) is 8.37. The van der Waals surface area contributed by atoms with E-state index in [9.17, 15) is 9.59 Å². The third-order valence-corrected chi connectivity index (χ3v) is 8.37.